The van der Waals surface area contributed by atoms with Crippen molar-refractivity contribution in [3.05, 3.63) is 122 Å². The van der Waals surface area contributed by atoms with E-state index >= 15 is 0 Å². The summed E-state index contributed by atoms with van der Waals surface area (Å²) in [6.45, 7) is 12.4. The Kier molecular flexibility index (Phi) is 26.7. The maximum absolute atomic E-state index is 14.8. The lowest BCUT2D eigenvalue weighted by Gasteiger charge is -2.16. The molecule has 5 heterocycles. The van der Waals surface area contributed by atoms with Gasteiger partial charge < -0.3 is 24.7 Å². The molecule has 0 atom stereocenters. The number of amides is 2. The number of thioether (sulfide) groups is 2. The van der Waals surface area contributed by atoms with Crippen molar-refractivity contribution in [1.82, 2.24) is 33.4 Å². The van der Waals surface area contributed by atoms with E-state index in [4.69, 9.17) is 42.6 Å². The number of ketones is 1. The zero-order valence-corrected chi connectivity index (χ0v) is 49.7. The zero-order valence-electron chi connectivity index (χ0n) is 46.6. The van der Waals surface area contributed by atoms with E-state index in [-0.39, 0.29) is 91.8 Å². The number of halogens is 10. The maximum atomic E-state index is 14.8. The molecule has 0 spiro atoms. The first-order chi connectivity index (χ1) is 39.5. The number of nitrogens with one attached hydrogen (secondary N) is 1. The van der Waals surface area contributed by atoms with Gasteiger partial charge in [0.1, 0.15) is 41.9 Å². The predicted octanol–water partition coefficient (Wildman–Crippen LogP) is 7.69. The summed E-state index contributed by atoms with van der Waals surface area (Å²) in [7, 11) is 1.56. The molecule has 3 aliphatic rings. The van der Waals surface area contributed by atoms with Gasteiger partial charge >= 0.3 is 35.7 Å². The minimum atomic E-state index is -5.00. The highest BCUT2D eigenvalue weighted by Crippen LogP contribution is 2.38. The Bertz CT molecular complexity index is 3530. The average molecular weight is 1290 g/mol. The number of piperidine rings is 1. The number of carbonyl (C=O) groups excluding carboxylic acids is 5. The second kappa shape index (κ2) is 31.6. The molecule has 2 N–H and O–H groups in total. The molecule has 3 fully saturated rings. The number of carbonyl (C=O) groups is 6. The van der Waals surface area contributed by atoms with Crippen molar-refractivity contribution in [2.24, 2.45) is 24.1 Å². The predicted molar refractivity (Wildman–Crippen MR) is 300 cm³/mol. The normalized spacial score (nSPS) is 15.0. The summed E-state index contributed by atoms with van der Waals surface area (Å²) in [5.41, 5.74) is -9.99. The number of esters is 2. The van der Waals surface area contributed by atoms with Crippen molar-refractivity contribution in [2.45, 2.75) is 80.1 Å². The summed E-state index contributed by atoms with van der Waals surface area (Å²) in [5, 5.41) is 10.1. The molecular formula is C51H55Cl2F8N9O13S2. The molecule has 0 unspecified atom stereocenters. The minimum Gasteiger partial charge on any atom is -0.481 e. The summed E-state index contributed by atoms with van der Waals surface area (Å²) in [6, 6.07) is 3.53. The number of nitrogens with zero attached hydrogens (tertiary/aromatic N) is 8. The fourth-order valence-corrected chi connectivity index (χ4v) is 9.33. The lowest BCUT2D eigenvalue weighted by molar-refractivity contribution is -0.146. The standard InChI is InChI=1S/C22H19ClF4N4O5S.C19H15ClF4N4O5S.C5H11N.C3H6O.C2H4O2/c1-5-36-17(33)9-30-19(34)18(10(2)3)37-20(30)28-13-7-14(12(24)6-11(13)23)31-16(32)8-15(22(25,26)27)29(4)21(31)35;1-3-33-16(31)7-27-15(30)8-34-17(27)25-11-5-12(10(21)4-9(11)20)28-14(29)6-13(19(22,23)24)26(2)18(28)32;1-2-4-6-5-3-1;1-3(2)4;1-2(3)4/h6-8H,5,9H2,1-4H3;4-6H,3,7-8H2,1-2H3;6H,1-5H2;1-2H3;1H3,(H,3,4). The number of amidine groups is 2. The minimum absolute atomic E-state index is 0.0187. The van der Waals surface area contributed by atoms with Gasteiger partial charge in [0.05, 0.1) is 56.7 Å². The summed E-state index contributed by atoms with van der Waals surface area (Å²) >= 11 is 14.0. The van der Waals surface area contributed by atoms with Gasteiger partial charge in [-0.15, -0.1) is 0 Å². The molecule has 464 valence electrons. The van der Waals surface area contributed by atoms with Crippen LogP contribution in [-0.4, -0.2) is 124 Å². The number of hydrogen-bond acceptors (Lipinski definition) is 17. The van der Waals surface area contributed by atoms with Gasteiger partial charge in [-0.25, -0.2) is 37.5 Å². The highest BCUT2D eigenvalue weighted by atomic mass is 35.5. The first kappa shape index (κ1) is 71.8. The average Bonchev–Trinajstić information content (AvgIpc) is 1.74. The van der Waals surface area contributed by atoms with Crippen molar-refractivity contribution in [3.8, 4) is 11.4 Å². The quantitative estimate of drug-likeness (QED) is 0.0875. The smallest absolute Gasteiger partial charge is 0.431 e. The molecule has 85 heavy (non-hydrogen) atoms. The molecule has 2 aromatic carbocycles. The number of benzene rings is 2. The molecule has 0 radical (unpaired) electrons. The van der Waals surface area contributed by atoms with Gasteiger partial charge in [-0.05, 0) is 104 Å². The van der Waals surface area contributed by atoms with Crippen molar-refractivity contribution in [3.63, 3.8) is 0 Å². The van der Waals surface area contributed by atoms with E-state index in [1.807, 2.05) is 0 Å². The molecular weight excluding hydrogens is 1230 g/mol. The van der Waals surface area contributed by atoms with Crippen LogP contribution in [0.5, 0.6) is 0 Å². The van der Waals surface area contributed by atoms with Gasteiger partial charge in [-0.2, -0.15) is 26.3 Å². The molecule has 22 nitrogen and oxygen atoms in total. The van der Waals surface area contributed by atoms with Gasteiger partial charge in [0.2, 0.25) is 5.91 Å². The largest absolute Gasteiger partial charge is 0.481 e. The fraction of sp³-hybridized carbons (Fsp3) is 0.412. The monoisotopic (exact) mass is 1290 g/mol. The van der Waals surface area contributed by atoms with E-state index in [0.29, 0.717) is 5.57 Å². The Morgan fingerprint density at radius 3 is 1.38 bits per heavy atom. The highest BCUT2D eigenvalue weighted by Gasteiger charge is 2.39. The van der Waals surface area contributed by atoms with E-state index in [2.05, 4.69) is 15.3 Å². The first-order valence-corrected chi connectivity index (χ1v) is 27.3. The number of ether oxygens (including phenoxy) is 2. The number of aromatic nitrogens is 4. The van der Waals surface area contributed by atoms with Crippen LogP contribution in [0.15, 0.2) is 76.0 Å². The molecule has 2 amide bonds. The molecule has 4 aromatic rings. The lowest BCUT2D eigenvalue weighted by atomic mass is 10.2. The van der Waals surface area contributed by atoms with Crippen LogP contribution in [-0.2, 0) is 64.7 Å². The van der Waals surface area contributed by atoms with Crippen LogP contribution in [0.25, 0.3) is 11.4 Å². The maximum Gasteiger partial charge on any atom is 0.431 e. The number of aliphatic carboxylic acids is 1. The molecule has 2 aromatic heterocycles. The Labute approximate surface area is 496 Å². The Morgan fingerprint density at radius 2 is 1.04 bits per heavy atom. The van der Waals surface area contributed by atoms with Crippen LogP contribution < -0.4 is 27.8 Å². The van der Waals surface area contributed by atoms with Gasteiger partial charge in [0.25, 0.3) is 23.0 Å². The third-order valence-corrected chi connectivity index (χ3v) is 13.6. The van der Waals surface area contributed by atoms with Crippen molar-refractivity contribution < 1.29 is 78.5 Å². The van der Waals surface area contributed by atoms with E-state index in [9.17, 15) is 78.3 Å². The summed E-state index contributed by atoms with van der Waals surface area (Å²) in [5.74, 6) is -5.49. The SMILES string of the molecule is C1CCNCC1.CC(=O)O.CC(C)=O.CCOC(=O)CN1C(=O)C(=C(C)C)SC1=Nc1cc(-n2c(=O)cc(C(F)(F)F)n(C)c2=O)c(F)cc1Cl.CCOC(=O)CN1C(=O)CSC1=Nc1cc(-n2c(=O)cc(C(F)(F)F)n(C)c2=O)c(F)cc1Cl. The zero-order chi connectivity index (χ0) is 64.6. The number of carboxylic acids is 1. The second-order valence-electron chi connectivity index (χ2n) is 17.8. The van der Waals surface area contributed by atoms with Crippen LogP contribution in [0.3, 0.4) is 0 Å². The molecule has 0 aliphatic carbocycles. The number of Topliss-reactive ketones (excluding diaryl/α,β-unsaturated/α-hetero) is 1. The Morgan fingerprint density at radius 1 is 0.647 bits per heavy atom. The molecule has 34 heteroatoms. The first-order valence-electron chi connectivity index (χ1n) is 24.7. The Balaban J connectivity index is 0.000000363. The van der Waals surface area contributed by atoms with Crippen molar-refractivity contribution in [2.75, 3.05) is 45.1 Å². The van der Waals surface area contributed by atoms with Crippen LogP contribution in [0.4, 0.5) is 46.5 Å². The van der Waals surface area contributed by atoms with Gasteiger partial charge in [0, 0.05) is 33.2 Å². The third kappa shape index (κ3) is 20.1. The van der Waals surface area contributed by atoms with Crippen LogP contribution >= 0.6 is 46.7 Å². The Hall–Kier alpha value is -7.42. The number of rotatable bonds is 10. The van der Waals surface area contributed by atoms with Crippen LogP contribution in [0.1, 0.15) is 79.1 Å². The molecule has 3 saturated heterocycles. The molecule has 0 bridgehead atoms. The van der Waals surface area contributed by atoms with Gasteiger partial charge in [-0.1, -0.05) is 47.0 Å². The summed E-state index contributed by atoms with van der Waals surface area (Å²) in [4.78, 5) is 128. The molecule has 7 rings (SSSR count). The summed E-state index contributed by atoms with van der Waals surface area (Å²) in [6.07, 6.45) is -5.78. The number of allylic oxidation sites excluding steroid dienone is 1. The fourth-order valence-electron chi connectivity index (χ4n) is 7.06. The van der Waals surface area contributed by atoms with Crippen molar-refractivity contribution >= 4 is 104 Å². The van der Waals surface area contributed by atoms with E-state index in [1.54, 1.807) is 27.7 Å². The van der Waals surface area contributed by atoms with E-state index in [1.165, 1.54) is 46.2 Å². The number of hydrogen-bond donors (Lipinski definition) is 2. The number of alkyl halides is 6. The van der Waals surface area contributed by atoms with Gasteiger partial charge in [0.15, 0.2) is 10.3 Å². The van der Waals surface area contributed by atoms with Gasteiger partial charge in [-0.3, -0.25) is 52.5 Å². The second-order valence-corrected chi connectivity index (χ2v) is 20.6. The van der Waals surface area contributed by atoms with Crippen LogP contribution in [0.2, 0.25) is 10.0 Å². The summed E-state index contributed by atoms with van der Waals surface area (Å²) < 4.78 is 119. The lowest BCUT2D eigenvalue weighted by Crippen LogP contribution is -2.41. The topological polar surface area (TPSA) is 272 Å². The number of aliphatic imine (C=N–C) groups is 2. The van der Waals surface area contributed by atoms with E-state index in [0.717, 1.165) is 78.6 Å². The van der Waals surface area contributed by atoms with Crippen LogP contribution in [0, 0.1) is 11.6 Å². The van der Waals surface area contributed by atoms with E-state index < -0.39 is 112 Å². The highest BCUT2D eigenvalue weighted by molar-refractivity contribution is 8.18. The third-order valence-electron chi connectivity index (χ3n) is 10.7. The van der Waals surface area contributed by atoms with Crippen molar-refractivity contribution in [1.29, 1.82) is 0 Å². The molecule has 3 aliphatic heterocycles. The number of carboxylic acid groups (broad SMARTS) is 1. The molecule has 0 saturated carbocycles.